The Hall–Kier alpha value is -1.85. The molecule has 4 nitrogen and oxygen atoms in total. The predicted octanol–water partition coefficient (Wildman–Crippen LogP) is 4.36. The van der Waals surface area contributed by atoms with E-state index in [4.69, 9.17) is 4.74 Å². The molecule has 0 unspecified atom stereocenters. The molecule has 0 aliphatic heterocycles. The van der Waals surface area contributed by atoms with Gasteiger partial charge in [-0.05, 0) is 68.5 Å². The van der Waals surface area contributed by atoms with Crippen LogP contribution < -0.4 is 9.46 Å². The number of sulfonamides is 1. The van der Waals surface area contributed by atoms with Gasteiger partial charge in [0.15, 0.2) is 0 Å². The van der Waals surface area contributed by atoms with Gasteiger partial charge in [-0.1, -0.05) is 30.7 Å². The van der Waals surface area contributed by atoms with E-state index in [0.29, 0.717) is 22.6 Å². The van der Waals surface area contributed by atoms with Gasteiger partial charge in [-0.25, -0.2) is 13.1 Å². The summed E-state index contributed by atoms with van der Waals surface area (Å²) in [5, 5.41) is 0. The van der Waals surface area contributed by atoms with Crippen molar-refractivity contribution in [1.82, 2.24) is 4.72 Å². The maximum atomic E-state index is 13.0. The number of hydrogen-bond donors (Lipinski definition) is 1. The van der Waals surface area contributed by atoms with Crippen LogP contribution in [0.1, 0.15) is 47.2 Å². The largest absolute Gasteiger partial charge is 0.496 e. The summed E-state index contributed by atoms with van der Waals surface area (Å²) >= 11 is 0. The summed E-state index contributed by atoms with van der Waals surface area (Å²) < 4.78 is 34.1. The highest BCUT2D eigenvalue weighted by atomic mass is 32.2. The van der Waals surface area contributed by atoms with Gasteiger partial charge in [-0.15, -0.1) is 0 Å². The first-order valence-corrected chi connectivity index (χ1v) is 9.93. The molecule has 136 valence electrons. The maximum Gasteiger partial charge on any atom is 0.241 e. The molecule has 2 aromatic rings. The van der Waals surface area contributed by atoms with Gasteiger partial charge in [0.2, 0.25) is 10.0 Å². The summed E-state index contributed by atoms with van der Waals surface area (Å²) in [6, 6.07) is 9.16. The fraction of sp³-hybridized carbons (Fsp3) is 0.400. The van der Waals surface area contributed by atoms with Crippen LogP contribution >= 0.6 is 0 Å². The summed E-state index contributed by atoms with van der Waals surface area (Å²) in [5.74, 6) is 0.692. The summed E-state index contributed by atoms with van der Waals surface area (Å²) in [6.07, 6.45) is 0.678. The Bertz CT molecular complexity index is 873. The monoisotopic (exact) mass is 361 g/mol. The lowest BCUT2D eigenvalue weighted by Crippen LogP contribution is -2.29. The van der Waals surface area contributed by atoms with Gasteiger partial charge in [0.05, 0.1) is 12.0 Å². The van der Waals surface area contributed by atoms with Gasteiger partial charge < -0.3 is 4.74 Å². The van der Waals surface area contributed by atoms with Gasteiger partial charge >= 0.3 is 0 Å². The SMILES string of the molecule is CC[C@@H](NS(=O)(=O)c1ccc(OC)c(C)c1C)c1ccc(C)cc1C. The molecule has 0 bridgehead atoms. The Kier molecular flexibility index (Phi) is 5.91. The molecule has 0 spiro atoms. The van der Waals surface area contributed by atoms with Gasteiger partial charge in [-0.2, -0.15) is 0 Å². The molecule has 0 aliphatic rings. The van der Waals surface area contributed by atoms with Crippen LogP contribution in [-0.2, 0) is 10.0 Å². The first-order chi connectivity index (χ1) is 11.7. The van der Waals surface area contributed by atoms with E-state index in [0.717, 1.165) is 16.7 Å². The van der Waals surface area contributed by atoms with Crippen LogP contribution in [0.4, 0.5) is 0 Å². The second-order valence-electron chi connectivity index (χ2n) is 6.46. The number of aryl methyl sites for hydroxylation is 2. The summed E-state index contributed by atoms with van der Waals surface area (Å²) in [5.41, 5.74) is 4.82. The van der Waals surface area contributed by atoms with Gasteiger partial charge in [0.25, 0.3) is 0 Å². The lowest BCUT2D eigenvalue weighted by molar-refractivity contribution is 0.410. The zero-order valence-corrected chi connectivity index (χ0v) is 16.6. The second kappa shape index (κ2) is 7.58. The van der Waals surface area contributed by atoms with E-state index in [9.17, 15) is 8.42 Å². The van der Waals surface area contributed by atoms with Gasteiger partial charge in [-0.3, -0.25) is 0 Å². The lowest BCUT2D eigenvalue weighted by atomic mass is 9.98. The minimum Gasteiger partial charge on any atom is -0.496 e. The van der Waals surface area contributed by atoms with E-state index >= 15 is 0 Å². The van der Waals surface area contributed by atoms with Crippen LogP contribution in [0.5, 0.6) is 5.75 Å². The minimum absolute atomic E-state index is 0.257. The molecule has 0 fully saturated rings. The van der Waals surface area contributed by atoms with E-state index in [1.54, 1.807) is 19.2 Å². The van der Waals surface area contributed by atoms with Crippen molar-refractivity contribution in [2.75, 3.05) is 7.11 Å². The Morgan fingerprint density at radius 3 is 2.28 bits per heavy atom. The Labute approximate surface area is 151 Å². The average Bonchev–Trinajstić information content (AvgIpc) is 2.55. The molecule has 1 atom stereocenters. The molecule has 1 N–H and O–H groups in total. The Balaban J connectivity index is 2.41. The molecule has 2 rings (SSSR count). The molecule has 0 saturated carbocycles. The quantitative estimate of drug-likeness (QED) is 0.832. The molecule has 0 aromatic heterocycles. The van der Waals surface area contributed by atoms with Crippen molar-refractivity contribution in [1.29, 1.82) is 0 Å². The number of rotatable bonds is 6. The molecule has 0 aliphatic carbocycles. The third kappa shape index (κ3) is 4.05. The van der Waals surface area contributed by atoms with Gasteiger partial charge in [0, 0.05) is 6.04 Å². The zero-order chi connectivity index (χ0) is 18.8. The minimum atomic E-state index is -3.63. The van der Waals surface area contributed by atoms with E-state index < -0.39 is 10.0 Å². The molecule has 0 radical (unpaired) electrons. The first kappa shape index (κ1) is 19.5. The van der Waals surface area contributed by atoms with Crippen molar-refractivity contribution < 1.29 is 13.2 Å². The summed E-state index contributed by atoms with van der Waals surface area (Å²) in [4.78, 5) is 0.300. The van der Waals surface area contributed by atoms with Crippen molar-refractivity contribution >= 4 is 10.0 Å². The highest BCUT2D eigenvalue weighted by molar-refractivity contribution is 7.89. The number of benzene rings is 2. The summed E-state index contributed by atoms with van der Waals surface area (Å²) in [6.45, 7) is 9.71. The molecule has 5 heteroatoms. The van der Waals surface area contributed by atoms with E-state index in [-0.39, 0.29) is 6.04 Å². The number of nitrogens with one attached hydrogen (secondary N) is 1. The molecule has 0 amide bonds. The van der Waals surface area contributed by atoms with Crippen LogP contribution in [0.3, 0.4) is 0 Å². The maximum absolute atomic E-state index is 13.0. The number of methoxy groups -OCH3 is 1. The van der Waals surface area contributed by atoms with Crippen molar-refractivity contribution in [3.8, 4) is 5.75 Å². The van der Waals surface area contributed by atoms with Crippen molar-refractivity contribution in [3.63, 3.8) is 0 Å². The zero-order valence-electron chi connectivity index (χ0n) is 15.8. The molecule has 25 heavy (non-hydrogen) atoms. The number of ether oxygens (including phenoxy) is 1. The second-order valence-corrected chi connectivity index (χ2v) is 8.14. The van der Waals surface area contributed by atoms with E-state index in [1.807, 2.05) is 46.8 Å². The van der Waals surface area contributed by atoms with Crippen LogP contribution in [0.15, 0.2) is 35.2 Å². The van der Waals surface area contributed by atoms with Crippen LogP contribution in [0.25, 0.3) is 0 Å². The Morgan fingerprint density at radius 2 is 1.72 bits per heavy atom. The molecule has 0 saturated heterocycles. The fourth-order valence-corrected chi connectivity index (χ4v) is 4.72. The topological polar surface area (TPSA) is 55.4 Å². The summed E-state index contributed by atoms with van der Waals surface area (Å²) in [7, 11) is -2.05. The standard InChI is InChI=1S/C20H27NO3S/c1-7-18(17-9-8-13(2)12-14(17)3)21-25(22,23)20-11-10-19(24-6)15(4)16(20)5/h8-12,18,21H,7H2,1-6H3/t18-/m1/s1. The van der Waals surface area contributed by atoms with Crippen LogP contribution in [-0.4, -0.2) is 15.5 Å². The lowest BCUT2D eigenvalue weighted by Gasteiger charge is -2.21. The molecule has 0 heterocycles. The van der Waals surface area contributed by atoms with Crippen LogP contribution in [0, 0.1) is 27.7 Å². The highest BCUT2D eigenvalue weighted by Crippen LogP contribution is 2.29. The molecule has 2 aromatic carbocycles. The van der Waals surface area contributed by atoms with Crippen LogP contribution in [0.2, 0.25) is 0 Å². The van der Waals surface area contributed by atoms with Crippen molar-refractivity contribution in [2.45, 2.75) is 52.0 Å². The average molecular weight is 362 g/mol. The molecular weight excluding hydrogens is 334 g/mol. The smallest absolute Gasteiger partial charge is 0.241 e. The molecular formula is C20H27NO3S. The van der Waals surface area contributed by atoms with E-state index in [1.165, 1.54) is 5.56 Å². The van der Waals surface area contributed by atoms with Crippen molar-refractivity contribution in [2.24, 2.45) is 0 Å². The normalized spacial score (nSPS) is 12.9. The first-order valence-electron chi connectivity index (χ1n) is 8.45. The fourth-order valence-electron chi connectivity index (χ4n) is 3.12. The van der Waals surface area contributed by atoms with Crippen molar-refractivity contribution in [3.05, 3.63) is 58.1 Å². The van der Waals surface area contributed by atoms with E-state index in [2.05, 4.69) is 10.8 Å². The predicted molar refractivity (Wildman–Crippen MR) is 102 cm³/mol. The number of hydrogen-bond acceptors (Lipinski definition) is 3. The van der Waals surface area contributed by atoms with Gasteiger partial charge in [0.1, 0.15) is 5.75 Å². The highest BCUT2D eigenvalue weighted by Gasteiger charge is 2.24. The third-order valence-corrected chi connectivity index (χ3v) is 6.32. The third-order valence-electron chi connectivity index (χ3n) is 4.70. The Morgan fingerprint density at radius 1 is 1.04 bits per heavy atom.